The quantitative estimate of drug-likeness (QED) is 0.572. The van der Waals surface area contributed by atoms with Crippen LogP contribution in [0.2, 0.25) is 0 Å². The van der Waals surface area contributed by atoms with Crippen molar-refractivity contribution in [3.8, 4) is 5.75 Å². The van der Waals surface area contributed by atoms with Crippen LogP contribution in [0.15, 0.2) is 12.1 Å². The van der Waals surface area contributed by atoms with Crippen molar-refractivity contribution in [2.45, 2.75) is 18.4 Å². The molecule has 1 aliphatic carbocycles. The van der Waals surface area contributed by atoms with Crippen LogP contribution in [-0.4, -0.2) is 10.0 Å². The SMILES string of the molecule is NC1(c2ccc(F)c([N+](=O)[O-])c2O)CC1. The molecular weight excluding hydrogens is 203 g/mol. The smallest absolute Gasteiger partial charge is 0.346 e. The lowest BCUT2D eigenvalue weighted by molar-refractivity contribution is -0.388. The maximum atomic E-state index is 13.0. The maximum Gasteiger partial charge on any atom is 0.346 e. The van der Waals surface area contributed by atoms with Crippen molar-refractivity contribution in [2.75, 3.05) is 0 Å². The Balaban J connectivity index is 2.60. The van der Waals surface area contributed by atoms with Gasteiger partial charge >= 0.3 is 5.69 Å². The number of nitro benzene ring substituents is 1. The zero-order chi connectivity index (χ0) is 11.2. The van der Waals surface area contributed by atoms with Crippen molar-refractivity contribution in [2.24, 2.45) is 5.73 Å². The third-order valence-corrected chi connectivity index (χ3v) is 2.61. The molecule has 1 saturated carbocycles. The summed E-state index contributed by atoms with van der Waals surface area (Å²) >= 11 is 0. The summed E-state index contributed by atoms with van der Waals surface area (Å²) in [6, 6.07) is 2.25. The molecule has 0 heterocycles. The Kier molecular flexibility index (Phi) is 1.90. The number of aromatic hydroxyl groups is 1. The van der Waals surface area contributed by atoms with Crippen LogP contribution in [0.4, 0.5) is 10.1 Å². The lowest BCUT2D eigenvalue weighted by atomic mass is 10.0. The highest BCUT2D eigenvalue weighted by Crippen LogP contribution is 2.48. The van der Waals surface area contributed by atoms with Gasteiger partial charge in [-0.3, -0.25) is 10.1 Å². The Bertz CT molecular complexity index is 443. The number of hydrogen-bond acceptors (Lipinski definition) is 4. The zero-order valence-electron chi connectivity index (χ0n) is 7.74. The fourth-order valence-electron chi connectivity index (χ4n) is 1.53. The summed E-state index contributed by atoms with van der Waals surface area (Å²) in [7, 11) is 0. The summed E-state index contributed by atoms with van der Waals surface area (Å²) < 4.78 is 13.0. The van der Waals surface area contributed by atoms with E-state index in [1.807, 2.05) is 0 Å². The molecule has 2 rings (SSSR count). The Morgan fingerprint density at radius 2 is 2.13 bits per heavy atom. The molecular formula is C9H9FN2O3. The second kappa shape index (κ2) is 2.90. The van der Waals surface area contributed by atoms with Gasteiger partial charge in [0.2, 0.25) is 11.6 Å². The molecule has 3 N–H and O–H groups in total. The second-order valence-electron chi connectivity index (χ2n) is 3.71. The molecule has 0 atom stereocenters. The van der Waals surface area contributed by atoms with E-state index < -0.39 is 27.7 Å². The molecule has 0 bridgehead atoms. The van der Waals surface area contributed by atoms with E-state index in [1.54, 1.807) is 0 Å². The standard InChI is InChI=1S/C9H9FN2O3/c10-6-2-1-5(9(11)3-4-9)8(13)7(6)12(14)15/h1-2,13H,3-4,11H2. The number of phenols is 1. The van der Waals surface area contributed by atoms with Crippen LogP contribution in [0.3, 0.4) is 0 Å². The zero-order valence-corrected chi connectivity index (χ0v) is 7.74. The fraction of sp³-hybridized carbons (Fsp3) is 0.333. The van der Waals surface area contributed by atoms with Crippen molar-refractivity contribution < 1.29 is 14.4 Å². The van der Waals surface area contributed by atoms with E-state index in [4.69, 9.17) is 5.73 Å². The van der Waals surface area contributed by atoms with E-state index in [9.17, 15) is 19.6 Å². The molecule has 1 aromatic carbocycles. The van der Waals surface area contributed by atoms with Gasteiger partial charge in [-0.15, -0.1) is 0 Å². The topological polar surface area (TPSA) is 89.4 Å². The molecule has 1 aliphatic rings. The predicted octanol–water partition coefficient (Wildman–Crippen LogP) is 1.39. The van der Waals surface area contributed by atoms with Crippen LogP contribution in [0.1, 0.15) is 18.4 Å². The van der Waals surface area contributed by atoms with Gasteiger partial charge in [-0.1, -0.05) is 6.07 Å². The van der Waals surface area contributed by atoms with Gasteiger partial charge in [0, 0.05) is 11.1 Å². The largest absolute Gasteiger partial charge is 0.502 e. The molecule has 0 aromatic heterocycles. The molecule has 0 amide bonds. The fourth-order valence-corrected chi connectivity index (χ4v) is 1.53. The number of nitrogens with two attached hydrogens (primary N) is 1. The lowest BCUT2D eigenvalue weighted by Gasteiger charge is -2.11. The van der Waals surface area contributed by atoms with Crippen molar-refractivity contribution in [1.82, 2.24) is 0 Å². The number of rotatable bonds is 2. The van der Waals surface area contributed by atoms with Crippen LogP contribution in [0.5, 0.6) is 5.75 Å². The number of nitrogens with zero attached hydrogens (tertiary/aromatic N) is 1. The van der Waals surface area contributed by atoms with E-state index in [0.29, 0.717) is 12.8 Å². The number of halogens is 1. The summed E-state index contributed by atoms with van der Waals surface area (Å²) in [6.07, 6.45) is 1.28. The van der Waals surface area contributed by atoms with E-state index in [-0.39, 0.29) is 5.56 Å². The molecule has 80 valence electrons. The van der Waals surface area contributed by atoms with Gasteiger partial charge in [0.05, 0.1) is 4.92 Å². The number of nitro groups is 1. The first kappa shape index (κ1) is 9.85. The van der Waals surface area contributed by atoms with Crippen molar-refractivity contribution in [1.29, 1.82) is 0 Å². The van der Waals surface area contributed by atoms with Crippen molar-refractivity contribution in [3.63, 3.8) is 0 Å². The molecule has 0 unspecified atom stereocenters. The summed E-state index contributed by atoms with van der Waals surface area (Å²) in [5.74, 6) is -1.70. The minimum absolute atomic E-state index is 0.246. The highest BCUT2D eigenvalue weighted by molar-refractivity contribution is 5.55. The van der Waals surface area contributed by atoms with Crippen LogP contribution in [0, 0.1) is 15.9 Å². The van der Waals surface area contributed by atoms with E-state index in [2.05, 4.69) is 0 Å². The predicted molar refractivity (Wildman–Crippen MR) is 49.8 cm³/mol. The summed E-state index contributed by atoms with van der Waals surface area (Å²) in [5.41, 5.74) is 4.41. The molecule has 0 radical (unpaired) electrons. The van der Waals surface area contributed by atoms with E-state index in [0.717, 1.165) is 6.07 Å². The lowest BCUT2D eigenvalue weighted by Crippen LogP contribution is -2.19. The average Bonchev–Trinajstić information content (AvgIpc) is 2.83. The average molecular weight is 212 g/mol. The van der Waals surface area contributed by atoms with Gasteiger partial charge in [-0.05, 0) is 18.9 Å². The highest BCUT2D eigenvalue weighted by atomic mass is 19.1. The Morgan fingerprint density at radius 3 is 2.60 bits per heavy atom. The number of phenolic OH excluding ortho intramolecular Hbond substituents is 1. The molecule has 0 aliphatic heterocycles. The molecule has 15 heavy (non-hydrogen) atoms. The molecule has 1 aromatic rings. The van der Waals surface area contributed by atoms with Crippen LogP contribution in [-0.2, 0) is 5.54 Å². The Labute approximate surface area is 84.5 Å². The number of benzene rings is 1. The number of hydrogen-bond donors (Lipinski definition) is 2. The monoisotopic (exact) mass is 212 g/mol. The highest BCUT2D eigenvalue weighted by Gasteiger charge is 2.44. The molecule has 1 fully saturated rings. The summed E-state index contributed by atoms with van der Waals surface area (Å²) in [6.45, 7) is 0. The van der Waals surface area contributed by atoms with Crippen LogP contribution >= 0.6 is 0 Å². The van der Waals surface area contributed by atoms with Crippen LogP contribution in [0.25, 0.3) is 0 Å². The summed E-state index contributed by atoms with van der Waals surface area (Å²) in [5, 5.41) is 20.1. The minimum Gasteiger partial charge on any atom is -0.502 e. The van der Waals surface area contributed by atoms with Crippen LogP contribution < -0.4 is 5.73 Å². The van der Waals surface area contributed by atoms with E-state index >= 15 is 0 Å². The third kappa shape index (κ3) is 1.42. The summed E-state index contributed by atoms with van der Waals surface area (Å²) in [4.78, 5) is 9.56. The third-order valence-electron chi connectivity index (χ3n) is 2.61. The minimum atomic E-state index is -1.05. The second-order valence-corrected chi connectivity index (χ2v) is 3.71. The molecule has 0 saturated heterocycles. The molecule has 6 heteroatoms. The first-order valence-electron chi connectivity index (χ1n) is 4.41. The maximum absolute atomic E-state index is 13.0. The molecule has 0 spiro atoms. The Morgan fingerprint density at radius 1 is 1.53 bits per heavy atom. The van der Waals surface area contributed by atoms with Crippen molar-refractivity contribution in [3.05, 3.63) is 33.6 Å². The van der Waals surface area contributed by atoms with Gasteiger partial charge < -0.3 is 10.8 Å². The first-order valence-corrected chi connectivity index (χ1v) is 4.41. The normalized spacial score (nSPS) is 17.5. The first-order chi connectivity index (χ1) is 6.96. The van der Waals surface area contributed by atoms with Gasteiger partial charge in [-0.25, -0.2) is 0 Å². The van der Waals surface area contributed by atoms with Gasteiger partial charge in [-0.2, -0.15) is 4.39 Å². The Hall–Kier alpha value is -1.69. The van der Waals surface area contributed by atoms with Gasteiger partial charge in [0.1, 0.15) is 0 Å². The van der Waals surface area contributed by atoms with Crippen molar-refractivity contribution >= 4 is 5.69 Å². The van der Waals surface area contributed by atoms with Gasteiger partial charge in [0.25, 0.3) is 0 Å². The van der Waals surface area contributed by atoms with Gasteiger partial charge in [0.15, 0.2) is 0 Å². The molecule has 5 nitrogen and oxygen atoms in total. The van der Waals surface area contributed by atoms with E-state index in [1.165, 1.54) is 6.07 Å².